The smallest absolute Gasteiger partial charge is 0.258 e. The Bertz CT molecular complexity index is 472. The second kappa shape index (κ2) is 5.57. The highest BCUT2D eigenvalue weighted by Crippen LogP contribution is 2.47. The number of methoxy groups -OCH3 is 1. The first-order chi connectivity index (χ1) is 9.12. The van der Waals surface area contributed by atoms with Crippen LogP contribution in [-0.2, 0) is 0 Å². The average molecular weight is 267 g/mol. The quantitative estimate of drug-likeness (QED) is 0.825. The zero-order valence-corrected chi connectivity index (χ0v) is 10.9. The molecule has 0 bridgehead atoms. The molecular weight excluding hydrogens is 249 g/mol. The van der Waals surface area contributed by atoms with Crippen molar-refractivity contribution >= 4 is 5.91 Å². The van der Waals surface area contributed by atoms with Gasteiger partial charge in [0.1, 0.15) is 17.1 Å². The van der Waals surface area contributed by atoms with E-state index in [2.05, 4.69) is 5.32 Å². The van der Waals surface area contributed by atoms with E-state index >= 15 is 0 Å². The van der Waals surface area contributed by atoms with E-state index in [4.69, 9.17) is 9.84 Å². The second-order valence-electron chi connectivity index (χ2n) is 4.97. The maximum absolute atomic E-state index is 13.7. The summed E-state index contributed by atoms with van der Waals surface area (Å²) in [4.78, 5) is 12.0. The average Bonchev–Trinajstić information content (AvgIpc) is 3.16. The van der Waals surface area contributed by atoms with Gasteiger partial charge in [-0.3, -0.25) is 4.79 Å². The topological polar surface area (TPSA) is 58.6 Å². The molecular formula is C14H18FNO3. The third kappa shape index (κ3) is 3.04. The highest BCUT2D eigenvalue weighted by molar-refractivity contribution is 5.97. The number of ether oxygens (including phenoxy) is 1. The van der Waals surface area contributed by atoms with E-state index in [1.165, 1.54) is 19.2 Å². The summed E-state index contributed by atoms with van der Waals surface area (Å²) in [7, 11) is 1.40. The van der Waals surface area contributed by atoms with Gasteiger partial charge in [-0.05, 0) is 36.8 Å². The lowest BCUT2D eigenvalue weighted by atomic mass is 10.0. The Labute approximate surface area is 111 Å². The minimum Gasteiger partial charge on any atom is -0.496 e. The number of amides is 1. The summed E-state index contributed by atoms with van der Waals surface area (Å²) >= 11 is 0. The Morgan fingerprint density at radius 2 is 2.26 bits per heavy atom. The third-order valence-corrected chi connectivity index (χ3v) is 3.65. The lowest BCUT2D eigenvalue weighted by molar-refractivity contribution is 0.0933. The fraction of sp³-hybridized carbons (Fsp3) is 0.500. The van der Waals surface area contributed by atoms with Crippen molar-refractivity contribution in [2.45, 2.75) is 19.3 Å². The number of hydrogen-bond acceptors (Lipinski definition) is 3. The molecule has 0 unspecified atom stereocenters. The number of halogens is 1. The number of aliphatic hydroxyl groups excluding tert-OH is 1. The van der Waals surface area contributed by atoms with E-state index in [-0.39, 0.29) is 23.3 Å². The first-order valence-electron chi connectivity index (χ1n) is 6.33. The molecule has 0 radical (unpaired) electrons. The van der Waals surface area contributed by atoms with Crippen molar-refractivity contribution in [1.29, 1.82) is 0 Å². The van der Waals surface area contributed by atoms with Crippen LogP contribution in [0.15, 0.2) is 18.2 Å². The Hall–Kier alpha value is -1.62. The van der Waals surface area contributed by atoms with Crippen molar-refractivity contribution < 1.29 is 19.0 Å². The van der Waals surface area contributed by atoms with Gasteiger partial charge in [0.05, 0.1) is 7.11 Å². The number of benzene rings is 1. The van der Waals surface area contributed by atoms with Gasteiger partial charge in [0.15, 0.2) is 0 Å². The number of carbonyl (C=O) groups excluding carboxylic acids is 1. The molecule has 5 heteroatoms. The highest BCUT2D eigenvalue weighted by Gasteiger charge is 2.42. The number of nitrogens with one attached hydrogen (secondary N) is 1. The Morgan fingerprint density at radius 1 is 1.53 bits per heavy atom. The molecule has 1 aromatic carbocycles. The SMILES string of the molecule is COc1cccc(F)c1C(=O)NCC1(CCO)CC1. The third-order valence-electron chi connectivity index (χ3n) is 3.65. The fourth-order valence-corrected chi connectivity index (χ4v) is 2.18. The van der Waals surface area contributed by atoms with E-state index in [1.54, 1.807) is 6.07 Å². The number of hydrogen-bond donors (Lipinski definition) is 2. The van der Waals surface area contributed by atoms with Gasteiger partial charge in [-0.15, -0.1) is 0 Å². The molecule has 0 spiro atoms. The highest BCUT2D eigenvalue weighted by atomic mass is 19.1. The largest absolute Gasteiger partial charge is 0.496 e. The molecule has 4 nitrogen and oxygen atoms in total. The van der Waals surface area contributed by atoms with E-state index in [9.17, 15) is 9.18 Å². The number of carbonyl (C=O) groups is 1. The van der Waals surface area contributed by atoms with Crippen LogP contribution in [0.4, 0.5) is 4.39 Å². The number of rotatable bonds is 6. The van der Waals surface area contributed by atoms with Gasteiger partial charge in [0.2, 0.25) is 0 Å². The summed E-state index contributed by atoms with van der Waals surface area (Å²) in [5, 5.41) is 11.7. The van der Waals surface area contributed by atoms with Crippen molar-refractivity contribution in [2.75, 3.05) is 20.3 Å². The van der Waals surface area contributed by atoms with Crippen LogP contribution in [-0.4, -0.2) is 31.3 Å². The van der Waals surface area contributed by atoms with Crippen molar-refractivity contribution in [2.24, 2.45) is 5.41 Å². The zero-order chi connectivity index (χ0) is 13.9. The molecule has 1 aromatic rings. The van der Waals surface area contributed by atoms with Crippen LogP contribution in [0.5, 0.6) is 5.75 Å². The Morgan fingerprint density at radius 3 is 2.84 bits per heavy atom. The Kier molecular flexibility index (Phi) is 4.04. The monoisotopic (exact) mass is 267 g/mol. The van der Waals surface area contributed by atoms with Crippen LogP contribution < -0.4 is 10.1 Å². The van der Waals surface area contributed by atoms with Gasteiger partial charge < -0.3 is 15.2 Å². The first-order valence-corrected chi connectivity index (χ1v) is 6.33. The molecule has 0 atom stereocenters. The van der Waals surface area contributed by atoms with Gasteiger partial charge in [-0.2, -0.15) is 0 Å². The molecule has 19 heavy (non-hydrogen) atoms. The van der Waals surface area contributed by atoms with Crippen molar-refractivity contribution in [3.05, 3.63) is 29.6 Å². The number of aliphatic hydroxyl groups is 1. The lowest BCUT2D eigenvalue weighted by Gasteiger charge is -2.15. The molecule has 1 amide bonds. The fourth-order valence-electron chi connectivity index (χ4n) is 2.18. The maximum Gasteiger partial charge on any atom is 0.258 e. The lowest BCUT2D eigenvalue weighted by Crippen LogP contribution is -2.31. The van der Waals surface area contributed by atoms with Crippen LogP contribution >= 0.6 is 0 Å². The van der Waals surface area contributed by atoms with Crippen LogP contribution in [0.25, 0.3) is 0 Å². The first kappa shape index (κ1) is 13.8. The summed E-state index contributed by atoms with van der Waals surface area (Å²) in [5.41, 5.74) is -0.0621. The maximum atomic E-state index is 13.7. The molecule has 0 aromatic heterocycles. The van der Waals surface area contributed by atoms with E-state index in [0.29, 0.717) is 13.0 Å². The molecule has 0 aliphatic heterocycles. The minimum absolute atomic E-state index is 0.00288. The normalized spacial score (nSPS) is 15.9. The summed E-state index contributed by atoms with van der Waals surface area (Å²) in [6, 6.07) is 4.29. The van der Waals surface area contributed by atoms with Gasteiger partial charge in [0.25, 0.3) is 5.91 Å². The molecule has 2 rings (SSSR count). The van der Waals surface area contributed by atoms with Crippen molar-refractivity contribution in [3.63, 3.8) is 0 Å². The standard InChI is InChI=1S/C14H18FNO3/c1-19-11-4-2-3-10(15)12(11)13(18)16-9-14(5-6-14)7-8-17/h2-4,17H,5-9H2,1H3,(H,16,18). The minimum atomic E-state index is -0.594. The summed E-state index contributed by atoms with van der Waals surface area (Å²) in [6.07, 6.45) is 2.65. The van der Waals surface area contributed by atoms with Crippen LogP contribution in [0, 0.1) is 11.2 Å². The summed E-state index contributed by atoms with van der Waals surface area (Å²) in [6.45, 7) is 0.572. The molecule has 1 aliphatic carbocycles. The van der Waals surface area contributed by atoms with Crippen molar-refractivity contribution in [1.82, 2.24) is 5.32 Å². The molecule has 0 heterocycles. The van der Waals surface area contributed by atoms with Gasteiger partial charge in [-0.25, -0.2) is 4.39 Å². The zero-order valence-electron chi connectivity index (χ0n) is 10.9. The van der Waals surface area contributed by atoms with Crippen LogP contribution in [0.1, 0.15) is 29.6 Å². The van der Waals surface area contributed by atoms with Gasteiger partial charge in [-0.1, -0.05) is 6.07 Å². The second-order valence-corrected chi connectivity index (χ2v) is 4.97. The van der Waals surface area contributed by atoms with Crippen molar-refractivity contribution in [3.8, 4) is 5.75 Å². The van der Waals surface area contributed by atoms with E-state index in [0.717, 1.165) is 12.8 Å². The summed E-state index contributed by atoms with van der Waals surface area (Å²) < 4.78 is 18.7. The molecule has 1 saturated carbocycles. The van der Waals surface area contributed by atoms with Gasteiger partial charge >= 0.3 is 0 Å². The van der Waals surface area contributed by atoms with E-state index in [1.807, 2.05) is 0 Å². The molecule has 104 valence electrons. The van der Waals surface area contributed by atoms with Crippen LogP contribution in [0.3, 0.4) is 0 Å². The predicted molar refractivity (Wildman–Crippen MR) is 68.7 cm³/mol. The Balaban J connectivity index is 2.04. The van der Waals surface area contributed by atoms with E-state index < -0.39 is 11.7 Å². The predicted octanol–water partition coefficient (Wildman–Crippen LogP) is 1.73. The van der Waals surface area contributed by atoms with Crippen LogP contribution in [0.2, 0.25) is 0 Å². The summed E-state index contributed by atoms with van der Waals surface area (Å²) in [5.74, 6) is -0.840. The molecule has 1 aliphatic rings. The molecule has 2 N–H and O–H groups in total. The molecule has 0 saturated heterocycles. The van der Waals surface area contributed by atoms with Gasteiger partial charge in [0, 0.05) is 13.2 Å². The molecule has 1 fully saturated rings.